The van der Waals surface area contributed by atoms with Crippen molar-refractivity contribution in [3.8, 4) is 0 Å². The van der Waals surface area contributed by atoms with Crippen LogP contribution in [0.4, 0.5) is 0 Å². The molecule has 0 unspecified atom stereocenters. The summed E-state index contributed by atoms with van der Waals surface area (Å²) in [5, 5.41) is 0. The van der Waals surface area contributed by atoms with Gasteiger partial charge >= 0.3 is 11.9 Å². The summed E-state index contributed by atoms with van der Waals surface area (Å²) in [6.07, 6.45) is 2.22. The van der Waals surface area contributed by atoms with E-state index >= 15 is 0 Å². The van der Waals surface area contributed by atoms with E-state index in [1.807, 2.05) is 48.5 Å². The molecule has 0 aliphatic rings. The van der Waals surface area contributed by atoms with Crippen molar-refractivity contribution < 1.29 is 19.1 Å². The van der Waals surface area contributed by atoms with E-state index in [4.69, 9.17) is 9.47 Å². The summed E-state index contributed by atoms with van der Waals surface area (Å²) in [6, 6.07) is 0. The zero-order chi connectivity index (χ0) is 16.7. The van der Waals surface area contributed by atoms with Crippen molar-refractivity contribution in [1.29, 1.82) is 0 Å². The SMILES string of the molecule is CCCCC(C(=O)OCC(C)(C)C)C(=O)OCC(C)(C)C. The van der Waals surface area contributed by atoms with Crippen LogP contribution in [0.2, 0.25) is 0 Å². The van der Waals surface area contributed by atoms with Gasteiger partial charge in [0.05, 0.1) is 13.2 Å². The van der Waals surface area contributed by atoms with Crippen LogP contribution in [0, 0.1) is 16.7 Å². The monoisotopic (exact) mass is 300 g/mol. The first-order valence-corrected chi connectivity index (χ1v) is 7.79. The van der Waals surface area contributed by atoms with Gasteiger partial charge < -0.3 is 9.47 Å². The number of hydrogen-bond donors (Lipinski definition) is 0. The molecule has 0 saturated carbocycles. The highest BCUT2D eigenvalue weighted by atomic mass is 16.6. The highest BCUT2D eigenvalue weighted by Crippen LogP contribution is 2.19. The molecule has 0 bridgehead atoms. The van der Waals surface area contributed by atoms with Crippen LogP contribution in [0.5, 0.6) is 0 Å². The lowest BCUT2D eigenvalue weighted by Crippen LogP contribution is -2.32. The van der Waals surface area contributed by atoms with Crippen molar-refractivity contribution in [1.82, 2.24) is 0 Å². The number of esters is 2. The molecule has 0 radical (unpaired) electrons. The van der Waals surface area contributed by atoms with Crippen LogP contribution in [-0.2, 0) is 19.1 Å². The van der Waals surface area contributed by atoms with E-state index < -0.39 is 17.9 Å². The van der Waals surface area contributed by atoms with Crippen LogP contribution >= 0.6 is 0 Å². The quantitative estimate of drug-likeness (QED) is 0.527. The van der Waals surface area contributed by atoms with Crippen molar-refractivity contribution in [2.45, 2.75) is 67.7 Å². The average molecular weight is 300 g/mol. The topological polar surface area (TPSA) is 52.6 Å². The lowest BCUT2D eigenvalue weighted by molar-refractivity contribution is -0.165. The van der Waals surface area contributed by atoms with E-state index in [2.05, 4.69) is 0 Å². The molecule has 0 aromatic heterocycles. The first-order valence-electron chi connectivity index (χ1n) is 7.79. The average Bonchev–Trinajstić information content (AvgIpc) is 2.32. The molecule has 0 spiro atoms. The molecule has 0 rings (SSSR count). The maximum absolute atomic E-state index is 12.1. The van der Waals surface area contributed by atoms with Gasteiger partial charge in [-0.15, -0.1) is 0 Å². The Hall–Kier alpha value is -1.06. The maximum atomic E-state index is 12.1. The van der Waals surface area contributed by atoms with Crippen molar-refractivity contribution in [2.24, 2.45) is 16.7 Å². The van der Waals surface area contributed by atoms with Gasteiger partial charge in [-0.25, -0.2) is 0 Å². The molecule has 0 aliphatic heterocycles. The third-order valence-electron chi connectivity index (χ3n) is 2.71. The van der Waals surface area contributed by atoms with Gasteiger partial charge in [0.25, 0.3) is 0 Å². The zero-order valence-electron chi connectivity index (χ0n) is 14.7. The van der Waals surface area contributed by atoms with E-state index in [0.29, 0.717) is 19.6 Å². The summed E-state index contributed by atoms with van der Waals surface area (Å²) in [5.74, 6) is -1.72. The molecule has 0 saturated heterocycles. The molecule has 0 aromatic carbocycles. The third kappa shape index (κ3) is 10.3. The fourth-order valence-electron chi connectivity index (χ4n) is 1.52. The molecule has 4 nitrogen and oxygen atoms in total. The number of carbonyl (C=O) groups excluding carboxylic acids is 2. The summed E-state index contributed by atoms with van der Waals surface area (Å²) in [4.78, 5) is 24.3. The molecule has 4 heteroatoms. The number of carbonyl (C=O) groups is 2. The molecule has 0 aliphatic carbocycles. The second kappa shape index (κ2) is 8.40. The van der Waals surface area contributed by atoms with Gasteiger partial charge in [-0.1, -0.05) is 61.3 Å². The molecule has 0 aromatic rings. The van der Waals surface area contributed by atoms with Gasteiger partial charge in [0.2, 0.25) is 0 Å². The Morgan fingerprint density at radius 2 is 1.24 bits per heavy atom. The Labute approximate surface area is 129 Å². The van der Waals surface area contributed by atoms with E-state index in [1.54, 1.807) is 0 Å². The number of rotatable bonds is 7. The van der Waals surface area contributed by atoms with E-state index in [1.165, 1.54) is 0 Å². The second-order valence-corrected chi connectivity index (χ2v) is 8.03. The Bertz CT molecular complexity index is 304. The maximum Gasteiger partial charge on any atom is 0.320 e. The van der Waals surface area contributed by atoms with Gasteiger partial charge in [-0.3, -0.25) is 9.59 Å². The fraction of sp³-hybridized carbons (Fsp3) is 0.882. The van der Waals surface area contributed by atoms with Crippen molar-refractivity contribution in [3.05, 3.63) is 0 Å². The summed E-state index contributed by atoms with van der Waals surface area (Å²) in [6.45, 7) is 14.6. The second-order valence-electron chi connectivity index (χ2n) is 8.03. The van der Waals surface area contributed by atoms with Crippen LogP contribution in [0.1, 0.15) is 67.7 Å². The van der Waals surface area contributed by atoms with Gasteiger partial charge in [0.1, 0.15) is 0 Å². The smallest absolute Gasteiger partial charge is 0.320 e. The molecule has 0 fully saturated rings. The molecule has 124 valence electrons. The lowest BCUT2D eigenvalue weighted by Gasteiger charge is -2.22. The third-order valence-corrected chi connectivity index (χ3v) is 2.71. The summed E-state index contributed by atoms with van der Waals surface area (Å²) < 4.78 is 10.6. The summed E-state index contributed by atoms with van der Waals surface area (Å²) in [7, 11) is 0. The van der Waals surface area contributed by atoms with E-state index in [-0.39, 0.29) is 10.8 Å². The van der Waals surface area contributed by atoms with Gasteiger partial charge in [-0.05, 0) is 17.3 Å². The summed E-state index contributed by atoms with van der Waals surface area (Å²) >= 11 is 0. The lowest BCUT2D eigenvalue weighted by atomic mass is 9.97. The minimum absolute atomic E-state index is 0.111. The Morgan fingerprint density at radius 3 is 1.52 bits per heavy atom. The number of unbranched alkanes of at least 4 members (excludes halogenated alkanes) is 1. The Morgan fingerprint density at radius 1 is 0.857 bits per heavy atom. The fourth-order valence-corrected chi connectivity index (χ4v) is 1.52. The van der Waals surface area contributed by atoms with Crippen LogP contribution in [0.15, 0.2) is 0 Å². The molecule has 0 amide bonds. The zero-order valence-corrected chi connectivity index (χ0v) is 14.7. The molecular formula is C17H32O4. The van der Waals surface area contributed by atoms with Crippen LogP contribution < -0.4 is 0 Å². The minimum atomic E-state index is -0.797. The van der Waals surface area contributed by atoms with E-state index in [0.717, 1.165) is 12.8 Å². The molecule has 0 atom stereocenters. The van der Waals surface area contributed by atoms with Crippen LogP contribution in [0.25, 0.3) is 0 Å². The number of hydrogen-bond acceptors (Lipinski definition) is 4. The highest BCUT2D eigenvalue weighted by Gasteiger charge is 2.31. The first-order chi connectivity index (χ1) is 9.46. The van der Waals surface area contributed by atoms with Crippen molar-refractivity contribution >= 4 is 11.9 Å². The first kappa shape index (κ1) is 19.9. The molecule has 0 heterocycles. The van der Waals surface area contributed by atoms with Crippen molar-refractivity contribution in [2.75, 3.05) is 13.2 Å². The van der Waals surface area contributed by atoms with Gasteiger partial charge in [-0.2, -0.15) is 0 Å². The van der Waals surface area contributed by atoms with Gasteiger partial charge in [0, 0.05) is 0 Å². The Balaban J connectivity index is 4.62. The minimum Gasteiger partial charge on any atom is -0.464 e. The predicted molar refractivity (Wildman–Crippen MR) is 83.8 cm³/mol. The molecular weight excluding hydrogens is 268 g/mol. The normalized spacial score (nSPS) is 12.4. The van der Waals surface area contributed by atoms with Crippen molar-refractivity contribution in [3.63, 3.8) is 0 Å². The Kier molecular flexibility index (Phi) is 7.98. The molecule has 0 N–H and O–H groups in total. The van der Waals surface area contributed by atoms with Crippen LogP contribution in [-0.4, -0.2) is 25.2 Å². The highest BCUT2D eigenvalue weighted by molar-refractivity contribution is 5.94. The van der Waals surface area contributed by atoms with Crippen LogP contribution in [0.3, 0.4) is 0 Å². The largest absolute Gasteiger partial charge is 0.464 e. The van der Waals surface area contributed by atoms with Gasteiger partial charge in [0.15, 0.2) is 5.92 Å². The summed E-state index contributed by atoms with van der Waals surface area (Å²) in [5.41, 5.74) is -0.222. The number of ether oxygens (including phenoxy) is 2. The molecule has 21 heavy (non-hydrogen) atoms. The predicted octanol–water partition coefficient (Wildman–Crippen LogP) is 3.97. The van der Waals surface area contributed by atoms with E-state index in [9.17, 15) is 9.59 Å². The standard InChI is InChI=1S/C17H32O4/c1-8-9-10-13(14(18)20-11-16(2,3)4)15(19)21-12-17(5,6)7/h13H,8-12H2,1-7H3.